The normalized spacial score (nSPS) is 10.3. The van der Waals surface area contributed by atoms with Gasteiger partial charge in [0.05, 0.1) is 7.11 Å². The topological polar surface area (TPSA) is 44.5 Å². The molecule has 0 unspecified atom stereocenters. The molecule has 0 heterocycles. The van der Waals surface area contributed by atoms with Crippen molar-refractivity contribution in [2.75, 3.05) is 7.11 Å². The number of benzene rings is 2. The Morgan fingerprint density at radius 2 is 1.79 bits per heavy atom. The van der Waals surface area contributed by atoms with Gasteiger partial charge in [-0.2, -0.15) is 0 Å². The zero-order chi connectivity index (χ0) is 13.7. The Balaban J connectivity index is 2.05. The second kappa shape index (κ2) is 6.25. The smallest absolute Gasteiger partial charge is 0.127 e. The van der Waals surface area contributed by atoms with Crippen molar-refractivity contribution in [2.24, 2.45) is 5.73 Å². The fraction of sp³-hybridized carbons (Fsp3) is 0.250. The van der Waals surface area contributed by atoms with Crippen molar-refractivity contribution in [1.82, 2.24) is 0 Å². The third-order valence-electron chi connectivity index (χ3n) is 3.00. The minimum absolute atomic E-state index is 0.460. The zero-order valence-corrected chi connectivity index (χ0v) is 11.3. The molecule has 0 aliphatic rings. The quantitative estimate of drug-likeness (QED) is 0.895. The average molecular weight is 257 g/mol. The van der Waals surface area contributed by atoms with Crippen LogP contribution in [-0.2, 0) is 13.2 Å². The molecule has 0 spiro atoms. The van der Waals surface area contributed by atoms with Crippen molar-refractivity contribution < 1.29 is 9.47 Å². The predicted molar refractivity (Wildman–Crippen MR) is 76.4 cm³/mol. The van der Waals surface area contributed by atoms with Crippen LogP contribution in [0.5, 0.6) is 11.5 Å². The largest absolute Gasteiger partial charge is 0.496 e. The number of aryl methyl sites for hydroxylation is 1. The SMILES string of the molecule is COc1cc(OCc2ccc(C)cc2)ccc1CN. The van der Waals surface area contributed by atoms with Crippen molar-refractivity contribution in [3.05, 3.63) is 59.2 Å². The van der Waals surface area contributed by atoms with Crippen LogP contribution >= 0.6 is 0 Å². The number of ether oxygens (including phenoxy) is 2. The lowest BCUT2D eigenvalue weighted by Crippen LogP contribution is -2.01. The summed E-state index contributed by atoms with van der Waals surface area (Å²) in [5.74, 6) is 1.55. The van der Waals surface area contributed by atoms with Crippen molar-refractivity contribution in [3.8, 4) is 11.5 Å². The van der Waals surface area contributed by atoms with E-state index in [0.717, 1.165) is 22.6 Å². The third kappa shape index (κ3) is 3.48. The number of hydrogen-bond donors (Lipinski definition) is 1. The lowest BCUT2D eigenvalue weighted by atomic mass is 10.1. The molecule has 19 heavy (non-hydrogen) atoms. The monoisotopic (exact) mass is 257 g/mol. The van der Waals surface area contributed by atoms with Crippen LogP contribution in [0, 0.1) is 6.92 Å². The molecule has 0 aliphatic heterocycles. The molecule has 0 saturated heterocycles. The van der Waals surface area contributed by atoms with Gasteiger partial charge in [0.1, 0.15) is 18.1 Å². The minimum Gasteiger partial charge on any atom is -0.496 e. The van der Waals surface area contributed by atoms with Crippen molar-refractivity contribution >= 4 is 0 Å². The molecular formula is C16H19NO2. The summed E-state index contributed by atoms with van der Waals surface area (Å²) in [6, 6.07) is 14.0. The van der Waals surface area contributed by atoms with E-state index in [1.54, 1.807) is 7.11 Å². The van der Waals surface area contributed by atoms with Crippen LogP contribution in [0.25, 0.3) is 0 Å². The van der Waals surface area contributed by atoms with Crippen LogP contribution in [-0.4, -0.2) is 7.11 Å². The molecule has 0 bridgehead atoms. The standard InChI is InChI=1S/C16H19NO2/c1-12-3-5-13(6-4-12)11-19-15-8-7-14(10-17)16(9-15)18-2/h3-9H,10-11,17H2,1-2H3. The molecule has 0 saturated carbocycles. The number of rotatable bonds is 5. The molecule has 2 rings (SSSR count). The molecule has 2 aromatic carbocycles. The summed E-state index contributed by atoms with van der Waals surface area (Å²) in [4.78, 5) is 0. The number of nitrogens with two attached hydrogens (primary N) is 1. The Bertz CT molecular complexity index is 535. The van der Waals surface area contributed by atoms with Crippen molar-refractivity contribution in [2.45, 2.75) is 20.1 Å². The second-order valence-corrected chi connectivity index (χ2v) is 4.45. The van der Waals surface area contributed by atoms with E-state index in [-0.39, 0.29) is 0 Å². The highest BCUT2D eigenvalue weighted by Gasteiger charge is 2.04. The lowest BCUT2D eigenvalue weighted by Gasteiger charge is -2.11. The Morgan fingerprint density at radius 1 is 1.05 bits per heavy atom. The Labute approximate surface area is 114 Å². The second-order valence-electron chi connectivity index (χ2n) is 4.45. The van der Waals surface area contributed by atoms with Crippen LogP contribution in [0.3, 0.4) is 0 Å². The Kier molecular flexibility index (Phi) is 4.42. The van der Waals surface area contributed by atoms with Crippen LogP contribution in [0.1, 0.15) is 16.7 Å². The van der Waals surface area contributed by atoms with Gasteiger partial charge in [-0.15, -0.1) is 0 Å². The molecule has 2 aromatic rings. The summed E-state index contributed by atoms with van der Waals surface area (Å²) >= 11 is 0. The van der Waals surface area contributed by atoms with E-state index in [1.165, 1.54) is 5.56 Å². The first kappa shape index (κ1) is 13.4. The Hall–Kier alpha value is -2.00. The highest BCUT2D eigenvalue weighted by molar-refractivity contribution is 5.40. The van der Waals surface area contributed by atoms with E-state index >= 15 is 0 Å². The van der Waals surface area contributed by atoms with Crippen LogP contribution in [0.4, 0.5) is 0 Å². The van der Waals surface area contributed by atoms with Gasteiger partial charge in [0.2, 0.25) is 0 Å². The highest BCUT2D eigenvalue weighted by atomic mass is 16.5. The summed E-state index contributed by atoms with van der Waals surface area (Å²) in [6.07, 6.45) is 0. The summed E-state index contributed by atoms with van der Waals surface area (Å²) in [6.45, 7) is 3.08. The van der Waals surface area contributed by atoms with Gasteiger partial charge in [-0.05, 0) is 18.6 Å². The summed E-state index contributed by atoms with van der Waals surface area (Å²) in [7, 11) is 1.64. The molecule has 0 aliphatic carbocycles. The maximum atomic E-state index is 5.75. The lowest BCUT2D eigenvalue weighted by molar-refractivity contribution is 0.303. The van der Waals surface area contributed by atoms with Gasteiger partial charge < -0.3 is 15.2 Å². The highest BCUT2D eigenvalue weighted by Crippen LogP contribution is 2.24. The van der Waals surface area contributed by atoms with Gasteiger partial charge in [-0.25, -0.2) is 0 Å². The van der Waals surface area contributed by atoms with Crippen molar-refractivity contribution in [3.63, 3.8) is 0 Å². The van der Waals surface area contributed by atoms with E-state index in [9.17, 15) is 0 Å². The van der Waals surface area contributed by atoms with E-state index in [4.69, 9.17) is 15.2 Å². The average Bonchev–Trinajstić information content (AvgIpc) is 2.46. The molecule has 2 N–H and O–H groups in total. The van der Waals surface area contributed by atoms with Crippen LogP contribution in [0.2, 0.25) is 0 Å². The molecule has 0 amide bonds. The van der Waals surface area contributed by atoms with E-state index in [0.29, 0.717) is 13.2 Å². The van der Waals surface area contributed by atoms with Gasteiger partial charge in [0.25, 0.3) is 0 Å². The Morgan fingerprint density at radius 3 is 2.42 bits per heavy atom. The van der Waals surface area contributed by atoms with Gasteiger partial charge in [-0.3, -0.25) is 0 Å². The van der Waals surface area contributed by atoms with Gasteiger partial charge >= 0.3 is 0 Å². The number of hydrogen-bond acceptors (Lipinski definition) is 3. The predicted octanol–water partition coefficient (Wildman–Crippen LogP) is 3.04. The molecule has 0 fully saturated rings. The van der Waals surface area contributed by atoms with E-state index < -0.39 is 0 Å². The summed E-state index contributed by atoms with van der Waals surface area (Å²) in [5.41, 5.74) is 9.01. The fourth-order valence-corrected chi connectivity index (χ4v) is 1.83. The van der Waals surface area contributed by atoms with Crippen LogP contribution in [0.15, 0.2) is 42.5 Å². The van der Waals surface area contributed by atoms with Crippen molar-refractivity contribution in [1.29, 1.82) is 0 Å². The minimum atomic E-state index is 0.460. The van der Waals surface area contributed by atoms with E-state index in [2.05, 4.69) is 31.2 Å². The van der Waals surface area contributed by atoms with Gasteiger partial charge in [0, 0.05) is 18.2 Å². The molecule has 3 nitrogen and oxygen atoms in total. The molecule has 0 radical (unpaired) electrons. The molecule has 0 aromatic heterocycles. The summed E-state index contributed by atoms with van der Waals surface area (Å²) < 4.78 is 11.0. The molecule has 100 valence electrons. The first-order valence-corrected chi connectivity index (χ1v) is 6.28. The zero-order valence-electron chi connectivity index (χ0n) is 11.3. The molecule has 0 atom stereocenters. The fourth-order valence-electron chi connectivity index (χ4n) is 1.83. The van der Waals surface area contributed by atoms with Gasteiger partial charge in [0.15, 0.2) is 0 Å². The maximum Gasteiger partial charge on any atom is 0.127 e. The number of methoxy groups -OCH3 is 1. The van der Waals surface area contributed by atoms with E-state index in [1.807, 2.05) is 18.2 Å². The summed E-state index contributed by atoms with van der Waals surface area (Å²) in [5, 5.41) is 0. The maximum absolute atomic E-state index is 5.75. The first-order valence-electron chi connectivity index (χ1n) is 6.28. The third-order valence-corrected chi connectivity index (χ3v) is 3.00. The van der Waals surface area contributed by atoms with Gasteiger partial charge in [-0.1, -0.05) is 35.9 Å². The molecule has 3 heteroatoms. The molecular weight excluding hydrogens is 238 g/mol. The first-order chi connectivity index (χ1) is 9.22. The van der Waals surface area contributed by atoms with Crippen LogP contribution < -0.4 is 15.2 Å².